The van der Waals surface area contributed by atoms with E-state index in [1.807, 2.05) is 67.7 Å². The summed E-state index contributed by atoms with van der Waals surface area (Å²) in [6.45, 7) is 0.384. The summed E-state index contributed by atoms with van der Waals surface area (Å²) >= 11 is 0. The molecule has 0 saturated heterocycles. The van der Waals surface area contributed by atoms with Gasteiger partial charge >= 0.3 is 7.12 Å². The fourth-order valence-corrected chi connectivity index (χ4v) is 4.50. The molecule has 0 atom stereocenters. The first-order valence-corrected chi connectivity index (χ1v) is 11.3. The minimum atomic E-state index is -0.869. The summed E-state index contributed by atoms with van der Waals surface area (Å²) in [5.74, 6) is 1.06. The summed E-state index contributed by atoms with van der Waals surface area (Å²) in [5.41, 5.74) is 6.72. The van der Waals surface area contributed by atoms with Crippen LogP contribution in [0.5, 0.6) is 0 Å². The van der Waals surface area contributed by atoms with Crippen molar-refractivity contribution < 1.29 is 14.5 Å². The number of carbonyl (C=O) groups is 1. The summed E-state index contributed by atoms with van der Waals surface area (Å²) in [6, 6.07) is 21.8. The number of nitrogens with zero attached hydrogens (tertiary/aromatic N) is 2. The minimum Gasteiger partial charge on any atom is -0.423 e. The fraction of sp³-hybridized carbons (Fsp3) is 0.231. The lowest BCUT2D eigenvalue weighted by molar-refractivity contribution is -0.116. The van der Waals surface area contributed by atoms with Gasteiger partial charge in [0.05, 0.1) is 17.6 Å². The summed E-state index contributed by atoms with van der Waals surface area (Å²) in [7, 11) is 1.17. The summed E-state index contributed by atoms with van der Waals surface area (Å²) in [6.07, 6.45) is 3.02. The number of benzene rings is 3. The van der Waals surface area contributed by atoms with Crippen LogP contribution in [0.15, 0.2) is 66.7 Å². The molecule has 1 aromatic heterocycles. The number of unbranched alkanes of at least 4 members (excludes halogenated alkanes) is 1. The van der Waals surface area contributed by atoms with Crippen LogP contribution in [0.3, 0.4) is 0 Å². The molecule has 7 heteroatoms. The zero-order chi connectivity index (χ0) is 22.8. The lowest BCUT2D eigenvalue weighted by Gasteiger charge is -2.11. The van der Waals surface area contributed by atoms with Crippen LogP contribution in [-0.2, 0) is 29.5 Å². The lowest BCUT2D eigenvalue weighted by Crippen LogP contribution is -2.27. The number of hydrogen-bond acceptors (Lipinski definition) is 4. The van der Waals surface area contributed by atoms with Crippen molar-refractivity contribution in [3.8, 4) is 11.1 Å². The van der Waals surface area contributed by atoms with Gasteiger partial charge in [-0.05, 0) is 59.3 Å². The van der Waals surface area contributed by atoms with Gasteiger partial charge in [0, 0.05) is 25.6 Å². The number of hydrogen-bond donors (Lipinski definition) is 2. The topological polar surface area (TPSA) is 76.4 Å². The molecule has 0 radical (unpaired) electrons. The molecule has 0 saturated carbocycles. The van der Waals surface area contributed by atoms with Crippen LogP contribution in [0.1, 0.15) is 30.7 Å². The second-order valence-corrected chi connectivity index (χ2v) is 8.45. The van der Waals surface area contributed by atoms with E-state index in [0.717, 1.165) is 64.0 Å². The zero-order valence-electron chi connectivity index (χ0n) is 18.6. The second kappa shape index (κ2) is 9.21. The maximum atomic E-state index is 12.5. The first kappa shape index (κ1) is 21.4. The number of aromatic nitrogens is 2. The lowest BCUT2D eigenvalue weighted by atomic mass is 9.78. The van der Waals surface area contributed by atoms with E-state index in [-0.39, 0.29) is 5.91 Å². The molecule has 0 spiro atoms. The van der Waals surface area contributed by atoms with Crippen molar-refractivity contribution in [2.75, 3.05) is 5.32 Å². The third-order valence-electron chi connectivity index (χ3n) is 6.26. The Kier molecular flexibility index (Phi) is 5.98. The smallest absolute Gasteiger partial charge is 0.423 e. The van der Waals surface area contributed by atoms with Crippen LogP contribution in [0.2, 0.25) is 0 Å². The molecule has 0 bridgehead atoms. The van der Waals surface area contributed by atoms with Crippen LogP contribution < -0.4 is 10.8 Å². The number of fused-ring (bicyclic) bond motifs is 2. The van der Waals surface area contributed by atoms with E-state index >= 15 is 0 Å². The number of carbonyl (C=O) groups excluding carboxylic acids is 1. The summed E-state index contributed by atoms with van der Waals surface area (Å²) < 4.78 is 7.50. The van der Waals surface area contributed by atoms with Crippen molar-refractivity contribution in [2.45, 2.75) is 32.3 Å². The largest absolute Gasteiger partial charge is 0.491 e. The number of nitrogens with one attached hydrogen (secondary N) is 1. The zero-order valence-corrected chi connectivity index (χ0v) is 18.6. The standard InChI is InChI=1S/C26H26BN3O3/c1-30-24-13-3-2-12-23(24)29-25(30)14-4-5-15-26(31)28-19-9-6-8-18(16-19)20-10-7-11-22-21(20)17-33-27(22)32/h2-3,6-13,16,32H,4-5,14-15,17H2,1H3,(H,28,31). The number of rotatable bonds is 7. The maximum Gasteiger partial charge on any atom is 0.491 e. The van der Waals surface area contributed by atoms with Crippen LogP contribution in [0.25, 0.3) is 22.2 Å². The normalized spacial score (nSPS) is 12.8. The van der Waals surface area contributed by atoms with Gasteiger partial charge in [-0.15, -0.1) is 0 Å². The third-order valence-corrected chi connectivity index (χ3v) is 6.26. The highest BCUT2D eigenvalue weighted by atomic mass is 16.5. The molecule has 1 aliphatic rings. The predicted octanol–water partition coefficient (Wildman–Crippen LogP) is 3.81. The fourth-order valence-electron chi connectivity index (χ4n) is 4.50. The van der Waals surface area contributed by atoms with Gasteiger partial charge in [-0.2, -0.15) is 0 Å². The molecule has 0 aliphatic carbocycles. The van der Waals surface area contributed by atoms with Crippen molar-refractivity contribution in [1.29, 1.82) is 0 Å². The van der Waals surface area contributed by atoms with Gasteiger partial charge in [0.25, 0.3) is 0 Å². The van der Waals surface area contributed by atoms with Crippen molar-refractivity contribution in [2.24, 2.45) is 7.05 Å². The van der Waals surface area contributed by atoms with E-state index in [4.69, 9.17) is 9.64 Å². The van der Waals surface area contributed by atoms with Gasteiger partial charge in [-0.1, -0.05) is 42.5 Å². The minimum absolute atomic E-state index is 0.00852. The van der Waals surface area contributed by atoms with Crippen molar-refractivity contribution in [1.82, 2.24) is 9.55 Å². The van der Waals surface area contributed by atoms with Gasteiger partial charge < -0.3 is 19.6 Å². The molecule has 3 aromatic carbocycles. The quantitative estimate of drug-likeness (QED) is 0.339. The van der Waals surface area contributed by atoms with Gasteiger partial charge in [0.15, 0.2) is 0 Å². The average molecular weight is 439 g/mol. The van der Waals surface area contributed by atoms with Gasteiger partial charge in [-0.25, -0.2) is 4.98 Å². The Hall–Kier alpha value is -3.42. The molecule has 6 nitrogen and oxygen atoms in total. The highest BCUT2D eigenvalue weighted by Gasteiger charge is 2.29. The molecule has 2 heterocycles. The van der Waals surface area contributed by atoms with Crippen molar-refractivity contribution in [3.63, 3.8) is 0 Å². The Morgan fingerprint density at radius 3 is 2.85 bits per heavy atom. The molecule has 166 valence electrons. The monoisotopic (exact) mass is 439 g/mol. The Bertz CT molecular complexity index is 1320. The van der Waals surface area contributed by atoms with Gasteiger partial charge in [0.2, 0.25) is 5.91 Å². The Morgan fingerprint density at radius 1 is 1.12 bits per heavy atom. The molecule has 1 aliphatic heterocycles. The SMILES string of the molecule is Cn1c(CCCCC(=O)Nc2cccc(-c3cccc4c3COB4O)c2)nc2ccccc21. The van der Waals surface area contributed by atoms with Crippen molar-refractivity contribution in [3.05, 3.63) is 78.1 Å². The van der Waals surface area contributed by atoms with E-state index < -0.39 is 7.12 Å². The summed E-state index contributed by atoms with van der Waals surface area (Å²) in [4.78, 5) is 17.2. The molecule has 33 heavy (non-hydrogen) atoms. The van der Waals surface area contributed by atoms with E-state index in [1.54, 1.807) is 0 Å². The van der Waals surface area contributed by atoms with Gasteiger partial charge in [0.1, 0.15) is 5.82 Å². The second-order valence-electron chi connectivity index (χ2n) is 8.45. The molecule has 5 rings (SSSR count). The van der Waals surface area contributed by atoms with Crippen LogP contribution in [0, 0.1) is 0 Å². The van der Waals surface area contributed by atoms with E-state index in [2.05, 4.69) is 16.0 Å². The number of imidazole rings is 1. The third kappa shape index (κ3) is 4.42. The van der Waals surface area contributed by atoms with E-state index in [9.17, 15) is 9.82 Å². The number of aryl methyl sites for hydroxylation is 2. The van der Waals surface area contributed by atoms with Crippen molar-refractivity contribution >= 4 is 35.2 Å². The van der Waals surface area contributed by atoms with Crippen LogP contribution in [-0.4, -0.2) is 27.6 Å². The molecule has 4 aromatic rings. The predicted molar refractivity (Wildman–Crippen MR) is 131 cm³/mol. The molecule has 2 N–H and O–H groups in total. The Labute approximate surface area is 193 Å². The number of para-hydroxylation sites is 2. The van der Waals surface area contributed by atoms with E-state index in [0.29, 0.717) is 13.0 Å². The van der Waals surface area contributed by atoms with Crippen LogP contribution >= 0.6 is 0 Å². The molecule has 1 amide bonds. The average Bonchev–Trinajstić information content (AvgIpc) is 3.37. The number of anilines is 1. The first-order chi connectivity index (χ1) is 16.1. The first-order valence-electron chi connectivity index (χ1n) is 11.3. The summed E-state index contributed by atoms with van der Waals surface area (Å²) in [5, 5.41) is 13.0. The van der Waals surface area contributed by atoms with Crippen LogP contribution in [0.4, 0.5) is 5.69 Å². The highest BCUT2D eigenvalue weighted by molar-refractivity contribution is 6.61. The Morgan fingerprint density at radius 2 is 1.97 bits per heavy atom. The number of amides is 1. The molecule has 0 unspecified atom stereocenters. The molecule has 0 fully saturated rings. The Balaban J connectivity index is 1.18. The molecular formula is C26H26BN3O3. The highest BCUT2D eigenvalue weighted by Crippen LogP contribution is 2.28. The molecular weight excluding hydrogens is 413 g/mol. The van der Waals surface area contributed by atoms with Gasteiger partial charge in [-0.3, -0.25) is 4.79 Å². The maximum absolute atomic E-state index is 12.5. The van der Waals surface area contributed by atoms with E-state index in [1.165, 1.54) is 0 Å².